The number of benzene rings is 1. The van der Waals surface area contributed by atoms with Crippen molar-refractivity contribution < 1.29 is 8.78 Å². The molecule has 3 heterocycles. The van der Waals surface area contributed by atoms with E-state index in [2.05, 4.69) is 28.4 Å². The summed E-state index contributed by atoms with van der Waals surface area (Å²) in [6, 6.07) is 6.77. The minimum Gasteiger partial charge on any atom is -0.341 e. The molecule has 0 radical (unpaired) electrons. The zero-order chi connectivity index (χ0) is 17.6. The molecule has 0 fully saturated rings. The van der Waals surface area contributed by atoms with Crippen LogP contribution in [-0.2, 0) is 25.9 Å². The van der Waals surface area contributed by atoms with Gasteiger partial charge in [0.2, 0.25) is 0 Å². The molecule has 3 nitrogen and oxygen atoms in total. The van der Waals surface area contributed by atoms with E-state index in [1.165, 1.54) is 6.07 Å². The minimum absolute atomic E-state index is 0.377. The maximum atomic E-state index is 14.6. The summed E-state index contributed by atoms with van der Waals surface area (Å²) in [5.41, 5.74) is 3.83. The van der Waals surface area contributed by atoms with Gasteiger partial charge in [-0.25, -0.2) is 8.78 Å². The molecule has 3 aromatic rings. The van der Waals surface area contributed by atoms with Crippen LogP contribution in [0.4, 0.5) is 8.78 Å². The van der Waals surface area contributed by atoms with Crippen LogP contribution in [0.2, 0.25) is 0 Å². The highest BCUT2D eigenvalue weighted by atomic mass is 19.1. The largest absolute Gasteiger partial charge is 0.341 e. The average molecular weight is 341 g/mol. The Morgan fingerprint density at radius 1 is 1.28 bits per heavy atom. The summed E-state index contributed by atoms with van der Waals surface area (Å²) in [6.45, 7) is 3.55. The summed E-state index contributed by atoms with van der Waals surface area (Å²) in [5.74, 6) is -0.996. The van der Waals surface area contributed by atoms with E-state index in [0.29, 0.717) is 23.5 Å². The first kappa shape index (κ1) is 16.2. The second-order valence-electron chi connectivity index (χ2n) is 6.94. The fourth-order valence-electron chi connectivity index (χ4n) is 3.81. The number of rotatable bonds is 3. The summed E-state index contributed by atoms with van der Waals surface area (Å²) in [6.07, 6.45) is 5.20. The lowest BCUT2D eigenvalue weighted by atomic mass is 10.00. The van der Waals surface area contributed by atoms with Crippen molar-refractivity contribution in [3.63, 3.8) is 0 Å². The molecular weight excluding hydrogens is 320 g/mol. The molecule has 0 aliphatic carbocycles. The van der Waals surface area contributed by atoms with Gasteiger partial charge >= 0.3 is 0 Å². The van der Waals surface area contributed by atoms with E-state index in [4.69, 9.17) is 0 Å². The zero-order valence-electron chi connectivity index (χ0n) is 14.5. The molecule has 25 heavy (non-hydrogen) atoms. The van der Waals surface area contributed by atoms with E-state index in [1.807, 2.05) is 18.3 Å². The highest BCUT2D eigenvalue weighted by Gasteiger charge is 2.28. The van der Waals surface area contributed by atoms with Crippen molar-refractivity contribution in [1.29, 1.82) is 0 Å². The third-order valence-corrected chi connectivity index (χ3v) is 5.29. The Labute approximate surface area is 145 Å². The van der Waals surface area contributed by atoms with E-state index < -0.39 is 11.6 Å². The lowest BCUT2D eigenvalue weighted by Gasteiger charge is -2.31. The summed E-state index contributed by atoms with van der Waals surface area (Å²) < 4.78 is 30.5. The van der Waals surface area contributed by atoms with Crippen molar-refractivity contribution in [3.05, 3.63) is 65.1 Å². The van der Waals surface area contributed by atoms with Crippen LogP contribution in [0.1, 0.15) is 23.7 Å². The molecule has 4 rings (SSSR count). The number of fused-ring (bicyclic) bond motifs is 3. The molecule has 0 amide bonds. The highest BCUT2D eigenvalue weighted by molar-refractivity contribution is 5.86. The van der Waals surface area contributed by atoms with Gasteiger partial charge in [-0.05, 0) is 43.7 Å². The Hall–Kier alpha value is -2.27. The number of halogens is 2. The standard InChI is InChI=1S/C20H21F2N3/c1-13-8-19-17(12-24(13)2)16-9-15(21)10-18(22)20(16)25(19)7-5-14-4-3-6-23-11-14/h3-4,6,9-11,13H,5,7-8,12H2,1-2H3. The third-order valence-electron chi connectivity index (χ3n) is 5.29. The molecule has 0 saturated heterocycles. The van der Waals surface area contributed by atoms with E-state index in [1.54, 1.807) is 6.20 Å². The molecule has 0 bridgehead atoms. The molecule has 0 spiro atoms. The van der Waals surface area contributed by atoms with E-state index in [-0.39, 0.29) is 0 Å². The van der Waals surface area contributed by atoms with Gasteiger partial charge in [-0.1, -0.05) is 6.07 Å². The number of nitrogens with zero attached hydrogens (tertiary/aromatic N) is 3. The maximum absolute atomic E-state index is 14.6. The molecule has 2 aromatic heterocycles. The van der Waals surface area contributed by atoms with Crippen molar-refractivity contribution in [1.82, 2.24) is 14.5 Å². The Morgan fingerprint density at radius 2 is 2.12 bits per heavy atom. The molecule has 1 atom stereocenters. The molecule has 0 N–H and O–H groups in total. The van der Waals surface area contributed by atoms with Gasteiger partial charge < -0.3 is 4.57 Å². The number of pyridine rings is 1. The summed E-state index contributed by atoms with van der Waals surface area (Å²) in [4.78, 5) is 6.38. The van der Waals surface area contributed by atoms with Gasteiger partial charge in [0.25, 0.3) is 0 Å². The predicted octanol–water partition coefficient (Wildman–Crippen LogP) is 3.93. The molecular formula is C20H21F2N3. The normalized spacial score (nSPS) is 17.8. The SMILES string of the molecule is CC1Cc2c(c3cc(F)cc(F)c3n2CCc2cccnc2)CN1C. The van der Waals surface area contributed by atoms with E-state index in [9.17, 15) is 8.78 Å². The van der Waals surface area contributed by atoms with Gasteiger partial charge in [0, 0.05) is 55.1 Å². The number of aryl methyl sites for hydroxylation is 2. The molecule has 1 aliphatic heterocycles. The average Bonchev–Trinajstić information content (AvgIpc) is 2.88. The van der Waals surface area contributed by atoms with Crippen LogP contribution in [0.3, 0.4) is 0 Å². The van der Waals surface area contributed by atoms with Crippen LogP contribution in [0.25, 0.3) is 10.9 Å². The number of hydrogen-bond donors (Lipinski definition) is 0. The van der Waals surface area contributed by atoms with Crippen molar-refractivity contribution in [3.8, 4) is 0 Å². The molecule has 1 aromatic carbocycles. The lowest BCUT2D eigenvalue weighted by molar-refractivity contribution is 0.228. The van der Waals surface area contributed by atoms with Crippen LogP contribution in [0, 0.1) is 11.6 Å². The summed E-state index contributed by atoms with van der Waals surface area (Å²) in [7, 11) is 2.06. The van der Waals surface area contributed by atoms with Crippen LogP contribution in [-0.4, -0.2) is 27.5 Å². The van der Waals surface area contributed by atoms with E-state index in [0.717, 1.165) is 42.3 Å². The number of likely N-dealkylation sites (N-methyl/N-ethyl adjacent to an activating group) is 1. The number of aromatic nitrogens is 2. The monoisotopic (exact) mass is 341 g/mol. The van der Waals surface area contributed by atoms with Crippen LogP contribution >= 0.6 is 0 Å². The van der Waals surface area contributed by atoms with Crippen molar-refractivity contribution in [2.45, 2.75) is 38.9 Å². The van der Waals surface area contributed by atoms with Crippen LogP contribution < -0.4 is 0 Å². The summed E-state index contributed by atoms with van der Waals surface area (Å²) >= 11 is 0. The molecule has 130 valence electrons. The predicted molar refractivity (Wildman–Crippen MR) is 94.4 cm³/mol. The van der Waals surface area contributed by atoms with Gasteiger partial charge in [-0.15, -0.1) is 0 Å². The maximum Gasteiger partial charge on any atom is 0.150 e. The first-order chi connectivity index (χ1) is 12.0. The van der Waals surface area contributed by atoms with Crippen molar-refractivity contribution in [2.75, 3.05) is 7.05 Å². The second-order valence-corrected chi connectivity index (χ2v) is 6.94. The topological polar surface area (TPSA) is 21.1 Å². The minimum atomic E-state index is -0.515. The van der Waals surface area contributed by atoms with Crippen molar-refractivity contribution in [2.24, 2.45) is 0 Å². The second kappa shape index (κ2) is 6.23. The Morgan fingerprint density at radius 3 is 2.88 bits per heavy atom. The fourth-order valence-corrected chi connectivity index (χ4v) is 3.81. The third kappa shape index (κ3) is 2.82. The zero-order valence-corrected chi connectivity index (χ0v) is 14.5. The van der Waals surface area contributed by atoms with Gasteiger partial charge in [0.1, 0.15) is 11.6 Å². The number of hydrogen-bond acceptors (Lipinski definition) is 2. The smallest absolute Gasteiger partial charge is 0.150 e. The lowest BCUT2D eigenvalue weighted by Crippen LogP contribution is -2.35. The van der Waals surface area contributed by atoms with Gasteiger partial charge in [0.05, 0.1) is 5.52 Å². The van der Waals surface area contributed by atoms with Gasteiger partial charge in [0.15, 0.2) is 0 Å². The molecule has 0 saturated carbocycles. The first-order valence-electron chi connectivity index (χ1n) is 8.62. The van der Waals surface area contributed by atoms with Crippen LogP contribution in [0.5, 0.6) is 0 Å². The molecule has 1 unspecified atom stereocenters. The first-order valence-corrected chi connectivity index (χ1v) is 8.62. The molecule has 5 heteroatoms. The van der Waals surface area contributed by atoms with Gasteiger partial charge in [-0.3, -0.25) is 9.88 Å². The van der Waals surface area contributed by atoms with Crippen LogP contribution in [0.15, 0.2) is 36.7 Å². The summed E-state index contributed by atoms with van der Waals surface area (Å²) in [5, 5.41) is 0.706. The Kier molecular flexibility index (Phi) is 4.04. The highest BCUT2D eigenvalue weighted by Crippen LogP contribution is 2.34. The fraction of sp³-hybridized carbons (Fsp3) is 0.350. The van der Waals surface area contributed by atoms with Gasteiger partial charge in [-0.2, -0.15) is 0 Å². The Balaban J connectivity index is 1.83. The van der Waals surface area contributed by atoms with E-state index >= 15 is 0 Å². The molecule has 1 aliphatic rings. The quantitative estimate of drug-likeness (QED) is 0.720. The Bertz CT molecular complexity index is 918. The van der Waals surface area contributed by atoms with Crippen molar-refractivity contribution >= 4 is 10.9 Å².